The minimum absolute atomic E-state index is 0.0177. The van der Waals surface area contributed by atoms with Gasteiger partial charge in [0.2, 0.25) is 17.7 Å². The number of amides is 4. The zero-order valence-electron chi connectivity index (χ0n) is 16.0. The lowest BCUT2D eigenvalue weighted by molar-refractivity contribution is -0.140. The molecule has 4 amide bonds. The van der Waals surface area contributed by atoms with Gasteiger partial charge in [-0.25, -0.2) is 4.90 Å². The van der Waals surface area contributed by atoms with E-state index in [0.717, 1.165) is 22.6 Å². The van der Waals surface area contributed by atoms with Gasteiger partial charge in [0, 0.05) is 23.4 Å². The topological polar surface area (TPSA) is 86.8 Å². The van der Waals surface area contributed by atoms with Gasteiger partial charge in [0.05, 0.1) is 18.7 Å². The molecule has 4 rings (SSSR count). The number of hydrogen-bond acceptors (Lipinski definition) is 5. The molecule has 1 unspecified atom stereocenters. The third kappa shape index (κ3) is 4.07. The van der Waals surface area contributed by atoms with Gasteiger partial charge in [-0.05, 0) is 48.6 Å². The average Bonchev–Trinajstić information content (AvgIpc) is 3.33. The Labute approximate surface area is 172 Å². The Kier molecular flexibility index (Phi) is 5.19. The molecule has 1 saturated heterocycles. The van der Waals surface area contributed by atoms with Gasteiger partial charge in [-0.1, -0.05) is 6.07 Å². The maximum absolute atomic E-state index is 13.1. The molecule has 2 aliphatic rings. The van der Waals surface area contributed by atoms with Crippen molar-refractivity contribution in [2.75, 3.05) is 10.2 Å². The molecule has 1 atom stereocenters. The van der Waals surface area contributed by atoms with Crippen molar-refractivity contribution >= 4 is 46.3 Å². The number of nitrogens with zero attached hydrogens (tertiary/aromatic N) is 2. The Morgan fingerprint density at radius 2 is 1.90 bits per heavy atom. The molecule has 7 nitrogen and oxygen atoms in total. The molecule has 0 bridgehead atoms. The van der Waals surface area contributed by atoms with Gasteiger partial charge in [-0.15, -0.1) is 11.3 Å². The van der Waals surface area contributed by atoms with Crippen molar-refractivity contribution in [1.82, 2.24) is 4.90 Å². The molecule has 2 heterocycles. The lowest BCUT2D eigenvalue weighted by atomic mass is 10.1. The zero-order valence-corrected chi connectivity index (χ0v) is 16.8. The summed E-state index contributed by atoms with van der Waals surface area (Å²) in [5.74, 6) is -0.995. The number of carbonyl (C=O) groups is 4. The van der Waals surface area contributed by atoms with Crippen LogP contribution in [-0.4, -0.2) is 34.6 Å². The molecule has 2 fully saturated rings. The van der Waals surface area contributed by atoms with Gasteiger partial charge >= 0.3 is 0 Å². The van der Waals surface area contributed by atoms with Crippen LogP contribution in [0.5, 0.6) is 0 Å². The van der Waals surface area contributed by atoms with E-state index in [4.69, 9.17) is 0 Å². The van der Waals surface area contributed by atoms with Gasteiger partial charge in [-0.3, -0.25) is 19.2 Å². The van der Waals surface area contributed by atoms with Crippen LogP contribution >= 0.6 is 11.3 Å². The summed E-state index contributed by atoms with van der Waals surface area (Å²) in [5, 5.41) is 4.58. The van der Waals surface area contributed by atoms with Crippen LogP contribution in [0.4, 0.5) is 11.4 Å². The van der Waals surface area contributed by atoms with Crippen molar-refractivity contribution in [3.05, 3.63) is 46.7 Å². The van der Waals surface area contributed by atoms with Crippen molar-refractivity contribution in [3.63, 3.8) is 0 Å². The first-order valence-electron chi connectivity index (χ1n) is 9.51. The highest BCUT2D eigenvalue weighted by atomic mass is 32.1. The Hall–Kier alpha value is -3.00. The summed E-state index contributed by atoms with van der Waals surface area (Å²) >= 11 is 1.53. The molecular formula is C21H21N3O4S. The third-order valence-corrected chi connectivity index (χ3v) is 5.92. The maximum Gasteiger partial charge on any atom is 0.257 e. The number of thiophene rings is 1. The molecule has 1 aromatic carbocycles. The number of carbonyl (C=O) groups excluding carboxylic acids is 4. The number of hydrogen-bond donors (Lipinski definition) is 1. The molecule has 150 valence electrons. The van der Waals surface area contributed by atoms with E-state index in [1.165, 1.54) is 18.3 Å². The van der Waals surface area contributed by atoms with Crippen LogP contribution in [0.3, 0.4) is 0 Å². The second-order valence-corrected chi connectivity index (χ2v) is 8.37. The Morgan fingerprint density at radius 1 is 1.17 bits per heavy atom. The quantitative estimate of drug-likeness (QED) is 0.741. The van der Waals surface area contributed by atoms with Gasteiger partial charge in [0.25, 0.3) is 5.91 Å². The summed E-state index contributed by atoms with van der Waals surface area (Å²) in [6, 6.07) is 9.58. The molecule has 1 saturated carbocycles. The first kappa shape index (κ1) is 19.3. The standard InChI is InChI=1S/C21H21N3O4S/c1-13(25)22-15-6-8-16(9-7-15)24-19(26)11-18(21(24)28)23(20(27)14-4-5-14)12-17-3-2-10-29-17/h2-3,6-10,14,18H,4-5,11-12H2,1H3,(H,22,25). The molecule has 1 aromatic heterocycles. The maximum atomic E-state index is 13.1. The van der Waals surface area contributed by atoms with E-state index in [1.54, 1.807) is 29.2 Å². The molecule has 29 heavy (non-hydrogen) atoms. The molecule has 1 aliphatic carbocycles. The largest absolute Gasteiger partial charge is 0.326 e. The second-order valence-electron chi connectivity index (χ2n) is 7.34. The molecule has 0 spiro atoms. The number of nitrogens with one attached hydrogen (secondary N) is 1. The highest BCUT2D eigenvalue weighted by Crippen LogP contribution is 2.35. The van der Waals surface area contributed by atoms with E-state index in [2.05, 4.69) is 5.32 Å². The average molecular weight is 411 g/mol. The molecule has 1 aliphatic heterocycles. The Morgan fingerprint density at radius 3 is 2.48 bits per heavy atom. The lowest BCUT2D eigenvalue weighted by Gasteiger charge is -2.27. The Balaban J connectivity index is 1.56. The molecule has 1 N–H and O–H groups in total. The summed E-state index contributed by atoms with van der Waals surface area (Å²) in [5.41, 5.74) is 1.02. The summed E-state index contributed by atoms with van der Waals surface area (Å²) in [6.07, 6.45) is 1.65. The van der Waals surface area contributed by atoms with Crippen LogP contribution < -0.4 is 10.2 Å². The van der Waals surface area contributed by atoms with E-state index >= 15 is 0 Å². The summed E-state index contributed by atoms with van der Waals surface area (Å²) in [7, 11) is 0. The van der Waals surface area contributed by atoms with Crippen molar-refractivity contribution < 1.29 is 19.2 Å². The van der Waals surface area contributed by atoms with Crippen LogP contribution in [0, 0.1) is 5.92 Å². The first-order chi connectivity index (χ1) is 13.9. The minimum Gasteiger partial charge on any atom is -0.326 e. The van der Waals surface area contributed by atoms with Gasteiger partial charge in [-0.2, -0.15) is 0 Å². The van der Waals surface area contributed by atoms with Crippen LogP contribution in [-0.2, 0) is 25.7 Å². The Bertz CT molecular complexity index is 951. The molecular weight excluding hydrogens is 390 g/mol. The number of benzene rings is 1. The summed E-state index contributed by atoms with van der Waals surface area (Å²) < 4.78 is 0. The van der Waals surface area contributed by atoms with Crippen molar-refractivity contribution in [3.8, 4) is 0 Å². The van der Waals surface area contributed by atoms with Gasteiger partial charge in [0.15, 0.2) is 0 Å². The highest BCUT2D eigenvalue weighted by Gasteiger charge is 2.46. The van der Waals surface area contributed by atoms with Crippen LogP contribution in [0.1, 0.15) is 31.1 Å². The third-order valence-electron chi connectivity index (χ3n) is 5.06. The van der Waals surface area contributed by atoms with Crippen molar-refractivity contribution in [2.24, 2.45) is 5.92 Å². The molecule has 0 radical (unpaired) electrons. The summed E-state index contributed by atoms with van der Waals surface area (Å²) in [4.78, 5) is 53.6. The molecule has 8 heteroatoms. The van der Waals surface area contributed by atoms with E-state index in [-0.39, 0.29) is 36.0 Å². The first-order valence-corrected chi connectivity index (χ1v) is 10.4. The fourth-order valence-electron chi connectivity index (χ4n) is 3.50. The van der Waals surface area contributed by atoms with Crippen molar-refractivity contribution in [2.45, 2.75) is 38.8 Å². The number of rotatable bonds is 6. The van der Waals surface area contributed by atoms with E-state index in [9.17, 15) is 19.2 Å². The SMILES string of the molecule is CC(=O)Nc1ccc(N2C(=O)CC(N(Cc3cccs3)C(=O)C3CC3)C2=O)cc1. The second kappa shape index (κ2) is 7.79. The van der Waals surface area contributed by atoms with Crippen LogP contribution in [0.15, 0.2) is 41.8 Å². The van der Waals surface area contributed by atoms with Crippen LogP contribution in [0.25, 0.3) is 0 Å². The predicted molar refractivity (Wildman–Crippen MR) is 109 cm³/mol. The summed E-state index contributed by atoms with van der Waals surface area (Å²) in [6.45, 7) is 1.75. The van der Waals surface area contributed by atoms with E-state index < -0.39 is 6.04 Å². The van der Waals surface area contributed by atoms with E-state index in [1.807, 2.05) is 17.5 Å². The predicted octanol–water partition coefficient (Wildman–Crippen LogP) is 2.78. The monoisotopic (exact) mass is 411 g/mol. The van der Waals surface area contributed by atoms with Crippen molar-refractivity contribution in [1.29, 1.82) is 0 Å². The lowest BCUT2D eigenvalue weighted by Crippen LogP contribution is -2.45. The smallest absolute Gasteiger partial charge is 0.257 e. The van der Waals surface area contributed by atoms with E-state index in [0.29, 0.717) is 17.9 Å². The van der Waals surface area contributed by atoms with Gasteiger partial charge < -0.3 is 10.2 Å². The number of imide groups is 1. The fourth-order valence-corrected chi connectivity index (χ4v) is 4.21. The van der Waals surface area contributed by atoms with Gasteiger partial charge in [0.1, 0.15) is 6.04 Å². The normalized spacial score (nSPS) is 18.8. The molecule has 2 aromatic rings. The van der Waals surface area contributed by atoms with Crippen LogP contribution in [0.2, 0.25) is 0 Å². The fraction of sp³-hybridized carbons (Fsp3) is 0.333. The zero-order chi connectivity index (χ0) is 20.5. The number of anilines is 2. The minimum atomic E-state index is -0.785. The highest BCUT2D eigenvalue weighted by molar-refractivity contribution is 7.09.